The van der Waals surface area contributed by atoms with Crippen LogP contribution >= 0.6 is 11.6 Å². The lowest BCUT2D eigenvalue weighted by molar-refractivity contribution is -0.111. The highest BCUT2D eigenvalue weighted by Gasteiger charge is 2.12. The van der Waals surface area contributed by atoms with Gasteiger partial charge in [-0.1, -0.05) is 17.7 Å². The molecule has 0 aliphatic carbocycles. The Hall–Kier alpha value is -3.46. The van der Waals surface area contributed by atoms with E-state index in [-0.39, 0.29) is 18.1 Å². The van der Waals surface area contributed by atoms with Gasteiger partial charge >= 0.3 is 6.61 Å². The summed E-state index contributed by atoms with van der Waals surface area (Å²) in [5, 5.41) is 7.22. The van der Waals surface area contributed by atoms with Crippen molar-refractivity contribution in [2.24, 2.45) is 0 Å². The summed E-state index contributed by atoms with van der Waals surface area (Å²) < 4.78 is 36.3. The van der Waals surface area contributed by atoms with Gasteiger partial charge in [0.15, 0.2) is 11.5 Å². The third-order valence-electron chi connectivity index (χ3n) is 3.79. The van der Waals surface area contributed by atoms with Crippen LogP contribution in [0, 0.1) is 0 Å². The third-order valence-corrected chi connectivity index (χ3v) is 4.03. The molecular formula is C20H17ClF2N4O3. The number of benzene rings is 2. The molecule has 30 heavy (non-hydrogen) atoms. The van der Waals surface area contributed by atoms with Gasteiger partial charge in [-0.15, -0.1) is 0 Å². The van der Waals surface area contributed by atoms with Crippen LogP contribution in [0.2, 0.25) is 5.02 Å². The second-order valence-corrected chi connectivity index (χ2v) is 6.28. The molecule has 10 heteroatoms. The van der Waals surface area contributed by atoms with Crippen LogP contribution in [0.3, 0.4) is 0 Å². The molecule has 3 aromatic rings. The second kappa shape index (κ2) is 9.84. The Morgan fingerprint density at radius 1 is 1.27 bits per heavy atom. The number of nitrogens with zero attached hydrogens (tertiary/aromatic N) is 3. The standard InChI is InChI=1S/C20H17ClF2N4O3/c1-2-29-18-9-13(3-7-17(18)30-20(22)23)4-8-19(28)26-15-10-14(21)5-6-16(15)27-12-24-11-25-27/h3-12,20H,2H2,1H3,(H,26,28)/b8-4+. The van der Waals surface area contributed by atoms with Gasteiger partial charge in [0.2, 0.25) is 5.91 Å². The first kappa shape index (κ1) is 21.3. The van der Waals surface area contributed by atoms with Gasteiger partial charge in [-0.25, -0.2) is 9.67 Å². The highest BCUT2D eigenvalue weighted by atomic mass is 35.5. The first-order chi connectivity index (χ1) is 14.5. The number of nitrogens with one attached hydrogen (secondary N) is 1. The summed E-state index contributed by atoms with van der Waals surface area (Å²) in [6.07, 6.45) is 5.68. The number of carbonyl (C=O) groups is 1. The van der Waals surface area contributed by atoms with Crippen LogP contribution in [0.25, 0.3) is 11.8 Å². The minimum absolute atomic E-state index is 0.0788. The number of amides is 1. The number of halogens is 3. The maximum Gasteiger partial charge on any atom is 0.387 e. The number of carbonyl (C=O) groups excluding carboxylic acids is 1. The average molecular weight is 435 g/mol. The largest absolute Gasteiger partial charge is 0.490 e. The van der Waals surface area contributed by atoms with E-state index in [1.54, 1.807) is 25.1 Å². The molecule has 7 nitrogen and oxygen atoms in total. The van der Waals surface area contributed by atoms with Crippen molar-refractivity contribution in [3.63, 3.8) is 0 Å². The van der Waals surface area contributed by atoms with Gasteiger partial charge in [-0.2, -0.15) is 13.9 Å². The van der Waals surface area contributed by atoms with Crippen molar-refractivity contribution in [2.45, 2.75) is 13.5 Å². The summed E-state index contributed by atoms with van der Waals surface area (Å²) in [5.74, 6) is -0.349. The van der Waals surface area contributed by atoms with E-state index in [2.05, 4.69) is 20.1 Å². The first-order valence-corrected chi connectivity index (χ1v) is 9.19. The van der Waals surface area contributed by atoms with Crippen LogP contribution in [0.5, 0.6) is 11.5 Å². The lowest BCUT2D eigenvalue weighted by Crippen LogP contribution is -2.11. The molecular weight excluding hydrogens is 418 g/mol. The van der Waals surface area contributed by atoms with E-state index in [1.165, 1.54) is 47.7 Å². The monoisotopic (exact) mass is 434 g/mol. The zero-order valence-electron chi connectivity index (χ0n) is 15.8. The van der Waals surface area contributed by atoms with Crippen LogP contribution < -0.4 is 14.8 Å². The maximum absolute atomic E-state index is 12.5. The van der Waals surface area contributed by atoms with Crippen molar-refractivity contribution in [3.05, 3.63) is 65.7 Å². The van der Waals surface area contributed by atoms with Gasteiger partial charge in [0.1, 0.15) is 12.7 Å². The predicted octanol–water partition coefficient (Wildman–Crippen LogP) is 4.57. The van der Waals surface area contributed by atoms with Gasteiger partial charge in [-0.05, 0) is 48.9 Å². The normalized spacial score (nSPS) is 11.1. The summed E-state index contributed by atoms with van der Waals surface area (Å²) in [4.78, 5) is 16.3. The molecule has 0 aliphatic rings. The van der Waals surface area contributed by atoms with Crippen molar-refractivity contribution >= 4 is 29.3 Å². The molecule has 0 saturated heterocycles. The molecule has 1 heterocycles. The number of rotatable bonds is 8. The van der Waals surface area contributed by atoms with Crippen LogP contribution in [-0.2, 0) is 4.79 Å². The summed E-state index contributed by atoms with van der Waals surface area (Å²) >= 11 is 6.04. The molecule has 0 spiro atoms. The molecule has 0 unspecified atom stereocenters. The first-order valence-electron chi connectivity index (χ1n) is 8.81. The number of hydrogen-bond donors (Lipinski definition) is 1. The van der Waals surface area contributed by atoms with Crippen LogP contribution in [0.4, 0.5) is 14.5 Å². The van der Waals surface area contributed by atoms with Gasteiger partial charge in [0, 0.05) is 11.1 Å². The molecule has 0 saturated carbocycles. The van der Waals surface area contributed by atoms with E-state index in [0.717, 1.165) is 0 Å². The number of anilines is 1. The molecule has 3 rings (SSSR count). The van der Waals surface area contributed by atoms with Gasteiger partial charge in [0.05, 0.1) is 18.0 Å². The van der Waals surface area contributed by atoms with E-state index in [1.807, 2.05) is 0 Å². The van der Waals surface area contributed by atoms with Crippen molar-refractivity contribution < 1.29 is 23.0 Å². The molecule has 1 amide bonds. The molecule has 0 radical (unpaired) electrons. The Morgan fingerprint density at radius 2 is 2.10 bits per heavy atom. The van der Waals surface area contributed by atoms with Crippen LogP contribution in [0.15, 0.2) is 55.1 Å². The Bertz CT molecular complexity index is 1040. The van der Waals surface area contributed by atoms with E-state index in [0.29, 0.717) is 22.0 Å². The number of aromatic nitrogens is 3. The van der Waals surface area contributed by atoms with Gasteiger partial charge in [-0.3, -0.25) is 4.79 Å². The van der Waals surface area contributed by atoms with Crippen molar-refractivity contribution in [2.75, 3.05) is 11.9 Å². The molecule has 0 aliphatic heterocycles. The molecule has 0 atom stereocenters. The topological polar surface area (TPSA) is 78.3 Å². The Morgan fingerprint density at radius 3 is 2.80 bits per heavy atom. The van der Waals surface area contributed by atoms with Gasteiger partial charge < -0.3 is 14.8 Å². The molecule has 156 valence electrons. The Labute approximate surface area is 175 Å². The zero-order chi connectivity index (χ0) is 21.5. The van der Waals surface area contributed by atoms with Gasteiger partial charge in [0.25, 0.3) is 0 Å². The third kappa shape index (κ3) is 5.54. The highest BCUT2D eigenvalue weighted by molar-refractivity contribution is 6.31. The number of hydrogen-bond acceptors (Lipinski definition) is 5. The summed E-state index contributed by atoms with van der Waals surface area (Å²) in [5.41, 5.74) is 1.60. The SMILES string of the molecule is CCOc1cc(/C=C/C(=O)Nc2cc(Cl)ccc2-n2cncn2)ccc1OC(F)F. The number of ether oxygens (including phenoxy) is 2. The fraction of sp³-hybridized carbons (Fsp3) is 0.150. The van der Waals surface area contributed by atoms with E-state index < -0.39 is 12.5 Å². The lowest BCUT2D eigenvalue weighted by Gasteiger charge is -2.12. The zero-order valence-corrected chi connectivity index (χ0v) is 16.5. The molecule has 0 bridgehead atoms. The molecule has 1 aromatic heterocycles. The minimum atomic E-state index is -2.96. The predicted molar refractivity (Wildman–Crippen MR) is 108 cm³/mol. The van der Waals surface area contributed by atoms with Crippen LogP contribution in [0.1, 0.15) is 12.5 Å². The summed E-state index contributed by atoms with van der Waals surface area (Å²) in [6, 6.07) is 9.35. The highest BCUT2D eigenvalue weighted by Crippen LogP contribution is 2.30. The average Bonchev–Trinajstić information content (AvgIpc) is 3.22. The summed E-state index contributed by atoms with van der Waals surface area (Å²) in [7, 11) is 0. The van der Waals surface area contributed by atoms with Crippen molar-refractivity contribution in [1.29, 1.82) is 0 Å². The van der Waals surface area contributed by atoms with E-state index in [9.17, 15) is 13.6 Å². The quantitative estimate of drug-likeness (QED) is 0.525. The van der Waals surface area contributed by atoms with Crippen molar-refractivity contribution in [3.8, 4) is 17.2 Å². The molecule has 0 fully saturated rings. The Balaban J connectivity index is 1.77. The minimum Gasteiger partial charge on any atom is -0.490 e. The van der Waals surface area contributed by atoms with Crippen molar-refractivity contribution in [1.82, 2.24) is 14.8 Å². The second-order valence-electron chi connectivity index (χ2n) is 5.84. The number of alkyl halides is 2. The fourth-order valence-corrected chi connectivity index (χ4v) is 2.75. The maximum atomic E-state index is 12.5. The molecule has 2 aromatic carbocycles. The van der Waals surface area contributed by atoms with E-state index in [4.69, 9.17) is 16.3 Å². The lowest BCUT2D eigenvalue weighted by atomic mass is 10.2. The molecule has 1 N–H and O–H groups in total. The van der Waals surface area contributed by atoms with E-state index >= 15 is 0 Å². The fourth-order valence-electron chi connectivity index (χ4n) is 2.58. The Kier molecular flexibility index (Phi) is 6.97. The summed E-state index contributed by atoms with van der Waals surface area (Å²) in [6.45, 7) is -0.972. The smallest absolute Gasteiger partial charge is 0.387 e. The van der Waals surface area contributed by atoms with Crippen LogP contribution in [-0.4, -0.2) is 33.9 Å².